The number of hydrogen-bond acceptors (Lipinski definition) is 5. The Kier molecular flexibility index (Phi) is 6.04. The number of fused-ring (bicyclic) bond motifs is 1. The minimum absolute atomic E-state index is 0.0639. The van der Waals surface area contributed by atoms with E-state index >= 15 is 0 Å². The van der Waals surface area contributed by atoms with Crippen LogP contribution in [0.15, 0.2) is 64.0 Å². The summed E-state index contributed by atoms with van der Waals surface area (Å²) in [6.45, 7) is 4.25. The fourth-order valence-electron chi connectivity index (χ4n) is 3.21. The molecule has 2 rings (SSSR count). The zero-order valence-electron chi connectivity index (χ0n) is 16.7. The first-order chi connectivity index (χ1) is 13.3. The molecule has 0 atom stereocenters. The molecule has 140 valence electrons. The maximum absolute atomic E-state index is 9.64. The average Bonchev–Trinajstić information content (AvgIpc) is 2.87. The van der Waals surface area contributed by atoms with Crippen LogP contribution in [0, 0.1) is 34.0 Å². The predicted octanol–water partition coefficient (Wildman–Crippen LogP) is 3.64. The first-order valence-electron chi connectivity index (χ1n) is 8.69. The number of benzene rings is 1. The van der Waals surface area contributed by atoms with Crippen molar-refractivity contribution in [1.82, 2.24) is 4.90 Å². The molecule has 28 heavy (non-hydrogen) atoms. The number of nitriles is 3. The molecule has 1 aromatic carbocycles. The Bertz CT molecular complexity index is 1000. The second-order valence-electron chi connectivity index (χ2n) is 7.10. The van der Waals surface area contributed by atoms with Crippen LogP contribution in [0.25, 0.3) is 0 Å². The van der Waals surface area contributed by atoms with E-state index in [1.54, 1.807) is 25.1 Å². The van der Waals surface area contributed by atoms with Crippen LogP contribution in [0.5, 0.6) is 0 Å². The van der Waals surface area contributed by atoms with Gasteiger partial charge in [0.15, 0.2) is 5.57 Å². The second-order valence-corrected chi connectivity index (χ2v) is 7.10. The van der Waals surface area contributed by atoms with Crippen LogP contribution in [-0.4, -0.2) is 32.4 Å². The molecule has 0 spiro atoms. The highest BCUT2D eigenvalue weighted by atomic mass is 15.2. The number of anilines is 1. The van der Waals surface area contributed by atoms with Gasteiger partial charge in [-0.15, -0.1) is 0 Å². The van der Waals surface area contributed by atoms with E-state index < -0.39 is 0 Å². The Balaban J connectivity index is 2.59. The normalized spacial score (nSPS) is 16.3. The summed E-state index contributed by atoms with van der Waals surface area (Å²) < 4.78 is 0. The van der Waals surface area contributed by atoms with E-state index in [1.807, 2.05) is 37.4 Å². The minimum Gasteiger partial charge on any atom is -0.369 e. The van der Waals surface area contributed by atoms with Gasteiger partial charge in [0.05, 0.1) is 11.9 Å². The van der Waals surface area contributed by atoms with Crippen molar-refractivity contribution in [2.24, 2.45) is 4.99 Å². The molecule has 0 fully saturated rings. The highest BCUT2D eigenvalue weighted by Crippen LogP contribution is 2.46. The Labute approximate surface area is 166 Å². The van der Waals surface area contributed by atoms with Crippen LogP contribution >= 0.6 is 0 Å². The summed E-state index contributed by atoms with van der Waals surface area (Å²) in [5.74, 6) is 0. The Morgan fingerprint density at radius 3 is 2.29 bits per heavy atom. The molecule has 0 N–H and O–H groups in total. The predicted molar refractivity (Wildman–Crippen MR) is 110 cm³/mol. The van der Waals surface area contributed by atoms with Crippen LogP contribution in [-0.2, 0) is 5.41 Å². The zero-order chi connectivity index (χ0) is 20.9. The largest absolute Gasteiger partial charge is 0.369 e. The molecule has 1 aromatic rings. The molecule has 1 heterocycles. The van der Waals surface area contributed by atoms with Gasteiger partial charge in [-0.25, -0.2) is 4.99 Å². The van der Waals surface area contributed by atoms with E-state index in [9.17, 15) is 15.8 Å². The van der Waals surface area contributed by atoms with E-state index in [2.05, 4.69) is 41.9 Å². The number of nitrogens with zero attached hydrogens (tertiary/aromatic N) is 6. The molecule has 0 saturated heterocycles. The summed E-state index contributed by atoms with van der Waals surface area (Å²) in [4.78, 5) is 7.94. The van der Waals surface area contributed by atoms with E-state index in [1.165, 1.54) is 11.9 Å². The first-order valence-corrected chi connectivity index (χ1v) is 8.69. The number of rotatable bonds is 4. The lowest BCUT2D eigenvalue weighted by molar-refractivity contribution is 0.640. The van der Waals surface area contributed by atoms with E-state index in [0.29, 0.717) is 0 Å². The van der Waals surface area contributed by atoms with Gasteiger partial charge in [-0.3, -0.25) is 0 Å². The molecule has 6 nitrogen and oxygen atoms in total. The van der Waals surface area contributed by atoms with Crippen molar-refractivity contribution in [3.63, 3.8) is 0 Å². The van der Waals surface area contributed by atoms with Crippen LogP contribution in [0.3, 0.4) is 0 Å². The third-order valence-electron chi connectivity index (χ3n) is 4.60. The van der Waals surface area contributed by atoms with Crippen molar-refractivity contribution in [2.75, 3.05) is 26.0 Å². The van der Waals surface area contributed by atoms with Gasteiger partial charge in [0.25, 0.3) is 0 Å². The molecule has 0 aliphatic carbocycles. The van der Waals surface area contributed by atoms with Gasteiger partial charge < -0.3 is 9.80 Å². The standard InChI is InChI=1S/C22H22N6/c1-22(2)18-8-6-7-9-19(18)28(5)20(22)11-10-16(12-23)21(17(13-24)14-25)26-15-27(3)4/h6-11,15H,1-5H3/b16-10+,20-11+,26-15?. The van der Waals surface area contributed by atoms with Gasteiger partial charge in [-0.2, -0.15) is 15.8 Å². The lowest BCUT2D eigenvalue weighted by Gasteiger charge is -2.23. The molecule has 0 unspecified atom stereocenters. The molecular weight excluding hydrogens is 348 g/mol. The molecule has 1 aliphatic rings. The summed E-state index contributed by atoms with van der Waals surface area (Å²) in [6, 6.07) is 13.9. The van der Waals surface area contributed by atoms with Crippen molar-refractivity contribution in [1.29, 1.82) is 15.8 Å². The molecule has 0 radical (unpaired) electrons. The van der Waals surface area contributed by atoms with Crippen LogP contribution in [0.4, 0.5) is 5.69 Å². The van der Waals surface area contributed by atoms with Gasteiger partial charge in [0.1, 0.15) is 23.9 Å². The lowest BCUT2D eigenvalue weighted by atomic mass is 9.83. The van der Waals surface area contributed by atoms with Gasteiger partial charge in [0, 0.05) is 37.9 Å². The van der Waals surface area contributed by atoms with Crippen LogP contribution < -0.4 is 4.90 Å². The summed E-state index contributed by atoms with van der Waals surface area (Å²) in [7, 11) is 5.52. The summed E-state index contributed by atoms with van der Waals surface area (Å²) in [6.07, 6.45) is 4.94. The summed E-state index contributed by atoms with van der Waals surface area (Å²) in [5, 5.41) is 28.1. The number of allylic oxidation sites excluding steroid dienone is 5. The number of hydrogen-bond donors (Lipinski definition) is 0. The highest BCUT2D eigenvalue weighted by molar-refractivity contribution is 5.70. The maximum atomic E-state index is 9.64. The third-order valence-corrected chi connectivity index (χ3v) is 4.60. The van der Waals surface area contributed by atoms with Crippen LogP contribution in [0.1, 0.15) is 19.4 Å². The van der Waals surface area contributed by atoms with Crippen molar-refractivity contribution in [2.45, 2.75) is 19.3 Å². The SMILES string of the molecule is CN(C)C=NC(=C(C#N)C#N)/C(C#N)=C/C=C1/N(C)c2ccccc2C1(C)C. The molecule has 0 amide bonds. The van der Waals surface area contributed by atoms with E-state index in [0.717, 1.165) is 11.4 Å². The molecule has 0 saturated carbocycles. The van der Waals surface area contributed by atoms with Crippen molar-refractivity contribution in [3.05, 3.63) is 64.5 Å². The van der Waals surface area contributed by atoms with Crippen molar-refractivity contribution < 1.29 is 0 Å². The number of para-hydroxylation sites is 1. The Hall–Kier alpha value is -3.82. The minimum atomic E-state index is -0.244. The topological polar surface area (TPSA) is 90.2 Å². The van der Waals surface area contributed by atoms with Gasteiger partial charge in [0.2, 0.25) is 0 Å². The Morgan fingerprint density at radius 2 is 1.75 bits per heavy atom. The monoisotopic (exact) mass is 370 g/mol. The fourth-order valence-corrected chi connectivity index (χ4v) is 3.21. The fraction of sp³-hybridized carbons (Fsp3) is 0.273. The molecule has 0 aromatic heterocycles. The van der Waals surface area contributed by atoms with Gasteiger partial charge in [-0.1, -0.05) is 32.0 Å². The summed E-state index contributed by atoms with van der Waals surface area (Å²) >= 11 is 0. The molecule has 6 heteroatoms. The number of likely N-dealkylation sites (N-methyl/N-ethyl adjacent to an activating group) is 1. The van der Waals surface area contributed by atoms with Crippen molar-refractivity contribution in [3.8, 4) is 18.2 Å². The van der Waals surface area contributed by atoms with Crippen molar-refractivity contribution >= 4 is 12.0 Å². The van der Waals surface area contributed by atoms with Crippen LogP contribution in [0.2, 0.25) is 0 Å². The lowest BCUT2D eigenvalue weighted by Crippen LogP contribution is -2.22. The molecule has 1 aliphatic heterocycles. The highest BCUT2D eigenvalue weighted by Gasteiger charge is 2.37. The first kappa shape index (κ1) is 20.5. The van der Waals surface area contributed by atoms with E-state index in [-0.39, 0.29) is 22.3 Å². The quantitative estimate of drug-likeness (QED) is 0.349. The molecular formula is C22H22N6. The maximum Gasteiger partial charge on any atom is 0.156 e. The summed E-state index contributed by atoms with van der Waals surface area (Å²) in [5.41, 5.74) is 3.10. The Morgan fingerprint density at radius 1 is 1.11 bits per heavy atom. The smallest absolute Gasteiger partial charge is 0.156 e. The average molecular weight is 370 g/mol. The molecule has 0 bridgehead atoms. The third kappa shape index (κ3) is 3.80. The van der Waals surface area contributed by atoms with Gasteiger partial charge in [-0.05, 0) is 23.8 Å². The van der Waals surface area contributed by atoms with E-state index in [4.69, 9.17) is 0 Å². The second kappa shape index (κ2) is 8.25. The zero-order valence-corrected chi connectivity index (χ0v) is 16.7. The van der Waals surface area contributed by atoms with Gasteiger partial charge >= 0.3 is 0 Å². The number of aliphatic imine (C=N–C) groups is 1.